The van der Waals surface area contributed by atoms with Crippen LogP contribution < -0.4 is 10.9 Å². The van der Waals surface area contributed by atoms with E-state index < -0.39 is 17.2 Å². The van der Waals surface area contributed by atoms with Crippen LogP contribution in [0.1, 0.15) is 12.0 Å². The van der Waals surface area contributed by atoms with Gasteiger partial charge in [0, 0.05) is 30.3 Å². The number of rotatable bonds is 5. The van der Waals surface area contributed by atoms with E-state index in [4.69, 9.17) is 4.52 Å². The number of nitrogens with zero attached hydrogens (tertiary/aromatic N) is 3. The van der Waals surface area contributed by atoms with Gasteiger partial charge in [0.2, 0.25) is 5.91 Å². The molecule has 0 aliphatic carbocycles. The Hall–Kier alpha value is -3.88. The highest BCUT2D eigenvalue weighted by Crippen LogP contribution is 2.25. The molecule has 0 aliphatic heterocycles. The average molecular weight is 410 g/mol. The lowest BCUT2D eigenvalue weighted by molar-refractivity contribution is -0.116. The lowest BCUT2D eigenvalue weighted by atomic mass is 10.1. The van der Waals surface area contributed by atoms with Gasteiger partial charge in [0.05, 0.1) is 0 Å². The normalized spacial score (nSPS) is 11.0. The molecule has 1 N–H and O–H groups in total. The third kappa shape index (κ3) is 3.82. The monoisotopic (exact) mass is 410 g/mol. The van der Waals surface area contributed by atoms with Crippen molar-refractivity contribution in [2.75, 3.05) is 5.32 Å². The minimum absolute atomic E-state index is 0.0122. The molecule has 0 unspecified atom stereocenters. The van der Waals surface area contributed by atoms with Crippen molar-refractivity contribution >= 4 is 22.7 Å². The zero-order chi connectivity index (χ0) is 21.3. The zero-order valence-corrected chi connectivity index (χ0v) is 15.9. The molecule has 0 saturated heterocycles. The minimum Gasteiger partial charge on any atom is -0.335 e. The minimum atomic E-state index is -0.807. The van der Waals surface area contributed by atoms with Crippen molar-refractivity contribution in [1.29, 1.82) is 0 Å². The summed E-state index contributed by atoms with van der Waals surface area (Å²) in [5, 5.41) is 6.53. The molecule has 1 amide bonds. The van der Waals surface area contributed by atoms with E-state index in [0.717, 1.165) is 23.8 Å². The van der Waals surface area contributed by atoms with Gasteiger partial charge in [0.25, 0.3) is 11.3 Å². The van der Waals surface area contributed by atoms with Crippen LogP contribution in [0, 0.1) is 18.6 Å². The molecule has 2 heterocycles. The second kappa shape index (κ2) is 7.86. The van der Waals surface area contributed by atoms with Gasteiger partial charge in [-0.3, -0.25) is 14.2 Å². The smallest absolute Gasteiger partial charge is 0.266 e. The quantitative estimate of drug-likeness (QED) is 0.542. The molecule has 152 valence electrons. The first-order valence-electron chi connectivity index (χ1n) is 9.09. The van der Waals surface area contributed by atoms with Crippen molar-refractivity contribution in [1.82, 2.24) is 14.7 Å². The summed E-state index contributed by atoms with van der Waals surface area (Å²) in [6, 6.07) is 10.2. The van der Waals surface area contributed by atoms with Gasteiger partial charge in [-0.05, 0) is 30.7 Å². The highest BCUT2D eigenvalue weighted by molar-refractivity contribution is 5.91. The Labute approximate surface area is 169 Å². The molecule has 2 aromatic carbocycles. The fourth-order valence-corrected chi connectivity index (χ4v) is 3.08. The second-order valence-corrected chi connectivity index (χ2v) is 6.73. The van der Waals surface area contributed by atoms with Crippen molar-refractivity contribution in [2.24, 2.45) is 0 Å². The van der Waals surface area contributed by atoms with Gasteiger partial charge in [-0.25, -0.2) is 13.8 Å². The number of hydrogen-bond donors (Lipinski definition) is 1. The Morgan fingerprint density at radius 1 is 1.17 bits per heavy atom. The van der Waals surface area contributed by atoms with E-state index in [1.54, 1.807) is 6.07 Å². The first-order valence-corrected chi connectivity index (χ1v) is 9.09. The van der Waals surface area contributed by atoms with Crippen LogP contribution in [-0.4, -0.2) is 20.6 Å². The summed E-state index contributed by atoms with van der Waals surface area (Å²) in [5.74, 6) is -1.88. The van der Waals surface area contributed by atoms with Crippen molar-refractivity contribution in [3.63, 3.8) is 0 Å². The number of carbonyl (C=O) groups is 1. The topological polar surface area (TPSA) is 90.0 Å². The molecule has 9 heteroatoms. The number of hydrogen-bond acceptors (Lipinski definition) is 5. The van der Waals surface area contributed by atoms with Gasteiger partial charge in [-0.15, -0.1) is 0 Å². The van der Waals surface area contributed by atoms with Gasteiger partial charge in [0.15, 0.2) is 0 Å². The molecule has 30 heavy (non-hydrogen) atoms. The molecule has 7 nitrogen and oxygen atoms in total. The number of amides is 1. The molecule has 2 aromatic heterocycles. The lowest BCUT2D eigenvalue weighted by Gasteiger charge is -2.09. The summed E-state index contributed by atoms with van der Waals surface area (Å²) in [6.07, 6.45) is 1.27. The van der Waals surface area contributed by atoms with Crippen molar-refractivity contribution in [2.45, 2.75) is 19.9 Å². The number of aryl methyl sites for hydroxylation is 2. The zero-order valence-electron chi connectivity index (χ0n) is 15.9. The van der Waals surface area contributed by atoms with Crippen LogP contribution in [0.2, 0.25) is 0 Å². The molecule has 0 fully saturated rings. The van der Waals surface area contributed by atoms with E-state index in [2.05, 4.69) is 15.5 Å². The van der Waals surface area contributed by atoms with Crippen LogP contribution in [-0.2, 0) is 11.3 Å². The number of nitrogens with one attached hydrogen (secondary N) is 1. The maximum atomic E-state index is 13.6. The predicted octanol–water partition coefficient (Wildman–Crippen LogP) is 3.67. The van der Waals surface area contributed by atoms with Crippen molar-refractivity contribution < 1.29 is 18.1 Å². The van der Waals surface area contributed by atoms with Gasteiger partial charge in [-0.2, -0.15) is 0 Å². The maximum absolute atomic E-state index is 13.6. The molecule has 4 rings (SSSR count). The molecule has 0 bridgehead atoms. The Bertz CT molecular complexity index is 1290. The maximum Gasteiger partial charge on any atom is 0.266 e. The summed E-state index contributed by atoms with van der Waals surface area (Å²) >= 11 is 0. The highest BCUT2D eigenvalue weighted by Gasteiger charge is 2.18. The number of halogens is 2. The Balaban J connectivity index is 1.60. The fraction of sp³-hybridized carbons (Fsp3) is 0.143. The predicted molar refractivity (Wildman–Crippen MR) is 106 cm³/mol. The number of fused-ring (bicyclic) bond motifs is 1. The van der Waals surface area contributed by atoms with E-state index in [0.29, 0.717) is 5.69 Å². The second-order valence-electron chi connectivity index (χ2n) is 6.73. The SMILES string of the molecule is Cc1ccccc1NC(=O)CCn1cnc2onc(-c3cc(F)cc(F)c3)c2c1=O. The van der Waals surface area contributed by atoms with Crippen LogP contribution >= 0.6 is 0 Å². The van der Waals surface area contributed by atoms with Crippen LogP contribution in [0.15, 0.2) is 58.1 Å². The molecule has 0 atom stereocenters. The first kappa shape index (κ1) is 19.4. The largest absolute Gasteiger partial charge is 0.335 e. The van der Waals surface area contributed by atoms with Crippen molar-refractivity contribution in [3.8, 4) is 11.3 Å². The summed E-state index contributed by atoms with van der Waals surface area (Å²) in [5.41, 5.74) is 1.07. The summed E-state index contributed by atoms with van der Waals surface area (Å²) in [6.45, 7) is 1.93. The fourth-order valence-electron chi connectivity index (χ4n) is 3.08. The number of para-hydroxylation sites is 1. The summed E-state index contributed by atoms with van der Waals surface area (Å²) in [4.78, 5) is 29.2. The van der Waals surface area contributed by atoms with E-state index in [9.17, 15) is 18.4 Å². The molecule has 0 spiro atoms. The lowest BCUT2D eigenvalue weighted by Crippen LogP contribution is -2.23. The molecular weight excluding hydrogens is 394 g/mol. The van der Waals surface area contributed by atoms with Crippen LogP contribution in [0.25, 0.3) is 22.4 Å². The molecule has 0 aliphatic rings. The molecule has 0 radical (unpaired) electrons. The van der Waals surface area contributed by atoms with Gasteiger partial charge >= 0.3 is 0 Å². The number of benzene rings is 2. The van der Waals surface area contributed by atoms with E-state index in [1.165, 1.54) is 10.9 Å². The van der Waals surface area contributed by atoms with E-state index in [1.807, 2.05) is 25.1 Å². The number of aromatic nitrogens is 3. The molecule has 0 saturated carbocycles. The van der Waals surface area contributed by atoms with Crippen molar-refractivity contribution in [3.05, 3.63) is 76.3 Å². The van der Waals surface area contributed by atoms with Crippen LogP contribution in [0.5, 0.6) is 0 Å². The number of carbonyl (C=O) groups excluding carboxylic acids is 1. The summed E-state index contributed by atoms with van der Waals surface area (Å²) in [7, 11) is 0. The molecular formula is C21H16F2N4O3. The summed E-state index contributed by atoms with van der Waals surface area (Å²) < 4.78 is 33.4. The number of anilines is 1. The molecule has 4 aromatic rings. The first-order chi connectivity index (χ1) is 14.4. The third-order valence-electron chi connectivity index (χ3n) is 4.60. The van der Waals surface area contributed by atoms with Gasteiger partial charge in [0.1, 0.15) is 29.0 Å². The Morgan fingerprint density at radius 3 is 2.63 bits per heavy atom. The Morgan fingerprint density at radius 2 is 1.90 bits per heavy atom. The van der Waals surface area contributed by atoms with E-state index >= 15 is 0 Å². The average Bonchev–Trinajstić information content (AvgIpc) is 3.13. The third-order valence-corrected chi connectivity index (χ3v) is 4.60. The van der Waals surface area contributed by atoms with Gasteiger partial charge < -0.3 is 9.84 Å². The van der Waals surface area contributed by atoms with Crippen LogP contribution in [0.3, 0.4) is 0 Å². The van der Waals surface area contributed by atoms with E-state index in [-0.39, 0.29) is 41.2 Å². The van der Waals surface area contributed by atoms with Gasteiger partial charge in [-0.1, -0.05) is 23.4 Å². The highest BCUT2D eigenvalue weighted by atomic mass is 19.1. The van der Waals surface area contributed by atoms with Crippen LogP contribution in [0.4, 0.5) is 14.5 Å². The Kier molecular flexibility index (Phi) is 5.09. The standard InChI is InChI=1S/C21H16F2N4O3/c1-12-4-2-3-5-16(12)25-17(28)6-7-27-11-24-20-18(21(27)29)19(26-30-20)13-8-14(22)10-15(23)9-13/h2-5,8-11H,6-7H2,1H3,(H,25,28).